The van der Waals surface area contributed by atoms with Gasteiger partial charge in [0, 0.05) is 26.6 Å². The van der Waals surface area contributed by atoms with Crippen molar-refractivity contribution < 1.29 is 10.2 Å². The van der Waals surface area contributed by atoms with Crippen LogP contribution in [0.1, 0.15) is 0 Å². The molecular weight excluding hydrogens is 236 g/mol. The lowest BCUT2D eigenvalue weighted by atomic mass is 10.0. The molecule has 2 N–H and O–H groups in total. The fourth-order valence-electron chi connectivity index (χ4n) is 2.11. The molecule has 0 atom stereocenters. The summed E-state index contributed by atoms with van der Waals surface area (Å²) in [7, 11) is 0. The van der Waals surface area contributed by atoms with Gasteiger partial charge in [-0.25, -0.2) is 0 Å². The molecule has 0 bridgehead atoms. The second-order valence-corrected chi connectivity index (χ2v) is 4.37. The van der Waals surface area contributed by atoms with E-state index in [1.807, 2.05) is 12.1 Å². The molecule has 84 valence electrons. The van der Waals surface area contributed by atoms with Crippen LogP contribution in [0, 0.1) is 0 Å². The van der Waals surface area contributed by atoms with E-state index in [4.69, 9.17) is 11.6 Å². The van der Waals surface area contributed by atoms with Gasteiger partial charge in [0.25, 0.3) is 0 Å². The van der Waals surface area contributed by atoms with Gasteiger partial charge in [0.2, 0.25) is 0 Å². The largest absolute Gasteiger partial charge is 0.507 e. The van der Waals surface area contributed by atoms with Crippen molar-refractivity contribution in [2.75, 3.05) is 0 Å². The number of benzene rings is 3. The van der Waals surface area contributed by atoms with Gasteiger partial charge in [-0.2, -0.15) is 0 Å². The lowest BCUT2D eigenvalue weighted by Gasteiger charge is -2.09. The van der Waals surface area contributed by atoms with E-state index < -0.39 is 0 Å². The first-order chi connectivity index (χ1) is 8.18. The molecule has 0 aliphatic carbocycles. The average Bonchev–Trinajstić information content (AvgIpc) is 2.36. The summed E-state index contributed by atoms with van der Waals surface area (Å²) < 4.78 is 0. The Kier molecular flexibility index (Phi) is 2.13. The van der Waals surface area contributed by atoms with Gasteiger partial charge in [-0.1, -0.05) is 35.9 Å². The predicted octanol–water partition coefficient (Wildman–Crippen LogP) is 4.06. The summed E-state index contributed by atoms with van der Waals surface area (Å²) in [6.07, 6.45) is 0. The molecular formula is C14H9ClO2. The zero-order chi connectivity index (χ0) is 12.0. The van der Waals surface area contributed by atoms with Gasteiger partial charge in [0.15, 0.2) is 0 Å². The molecule has 0 heterocycles. The molecule has 0 saturated carbocycles. The smallest absolute Gasteiger partial charge is 0.131 e. The molecule has 0 amide bonds. The van der Waals surface area contributed by atoms with Crippen molar-refractivity contribution in [1.82, 2.24) is 0 Å². The Labute approximate surface area is 103 Å². The number of hydrogen-bond acceptors (Lipinski definition) is 2. The van der Waals surface area contributed by atoms with Crippen molar-refractivity contribution in [3.8, 4) is 11.5 Å². The third-order valence-corrected chi connectivity index (χ3v) is 3.16. The van der Waals surface area contributed by atoms with Gasteiger partial charge in [-0.3, -0.25) is 0 Å². The van der Waals surface area contributed by atoms with E-state index in [1.54, 1.807) is 30.3 Å². The number of aromatic hydroxyl groups is 2. The zero-order valence-electron chi connectivity index (χ0n) is 8.81. The minimum atomic E-state index is 0.149. The molecule has 0 fully saturated rings. The quantitative estimate of drug-likeness (QED) is 0.463. The van der Waals surface area contributed by atoms with E-state index in [9.17, 15) is 10.2 Å². The first kappa shape index (κ1) is 10.2. The first-order valence-electron chi connectivity index (χ1n) is 5.20. The summed E-state index contributed by atoms with van der Waals surface area (Å²) in [5.41, 5.74) is 0. The highest BCUT2D eigenvalue weighted by Crippen LogP contribution is 2.41. The molecule has 3 heteroatoms. The number of fused-ring (bicyclic) bond motifs is 2. The second kappa shape index (κ2) is 3.54. The number of rotatable bonds is 0. The highest BCUT2D eigenvalue weighted by molar-refractivity contribution is 6.31. The molecule has 0 aliphatic rings. The Morgan fingerprint density at radius 3 is 1.88 bits per heavy atom. The summed E-state index contributed by atoms with van der Waals surface area (Å²) in [5.74, 6) is 0.320. The third-order valence-electron chi connectivity index (χ3n) is 2.93. The van der Waals surface area contributed by atoms with E-state index in [1.165, 1.54) is 0 Å². The molecule has 0 unspecified atom stereocenters. The van der Waals surface area contributed by atoms with E-state index >= 15 is 0 Å². The van der Waals surface area contributed by atoms with Gasteiger partial charge in [-0.15, -0.1) is 0 Å². The third kappa shape index (κ3) is 1.41. The molecule has 0 aromatic heterocycles. The Hall–Kier alpha value is -1.93. The Bertz CT molecular complexity index is 735. The number of phenols is 2. The van der Waals surface area contributed by atoms with Gasteiger partial charge in [-0.05, 0) is 18.2 Å². The molecule has 0 spiro atoms. The minimum Gasteiger partial charge on any atom is -0.507 e. The topological polar surface area (TPSA) is 40.5 Å². The van der Waals surface area contributed by atoms with E-state index in [0.717, 1.165) is 0 Å². The van der Waals surface area contributed by atoms with Crippen molar-refractivity contribution in [1.29, 1.82) is 0 Å². The van der Waals surface area contributed by atoms with Crippen LogP contribution >= 0.6 is 11.6 Å². The van der Waals surface area contributed by atoms with Crippen LogP contribution in [0.15, 0.2) is 42.5 Å². The summed E-state index contributed by atoms with van der Waals surface area (Å²) in [5, 5.41) is 23.3. The SMILES string of the molecule is Oc1c2ccccc2c(O)c2cc(Cl)ccc12. The molecule has 3 aromatic carbocycles. The van der Waals surface area contributed by atoms with Crippen LogP contribution in [0.5, 0.6) is 11.5 Å². The second-order valence-electron chi connectivity index (χ2n) is 3.93. The van der Waals surface area contributed by atoms with E-state index in [2.05, 4.69) is 0 Å². The van der Waals surface area contributed by atoms with Gasteiger partial charge in [0.05, 0.1) is 0 Å². The Balaban J connectivity index is 2.63. The van der Waals surface area contributed by atoms with Crippen molar-refractivity contribution in [3.63, 3.8) is 0 Å². The Morgan fingerprint density at radius 1 is 0.706 bits per heavy atom. The van der Waals surface area contributed by atoms with Gasteiger partial charge in [0.1, 0.15) is 11.5 Å². The van der Waals surface area contributed by atoms with Crippen LogP contribution in [-0.4, -0.2) is 10.2 Å². The monoisotopic (exact) mass is 244 g/mol. The fraction of sp³-hybridized carbons (Fsp3) is 0. The summed E-state index contributed by atoms with van der Waals surface area (Å²) in [6.45, 7) is 0. The maximum absolute atomic E-state index is 10.2. The highest BCUT2D eigenvalue weighted by atomic mass is 35.5. The molecule has 3 aromatic rings. The van der Waals surface area contributed by atoms with Crippen molar-refractivity contribution >= 4 is 33.1 Å². The summed E-state index contributed by atoms with van der Waals surface area (Å²) >= 11 is 5.90. The fourth-order valence-corrected chi connectivity index (χ4v) is 2.28. The Morgan fingerprint density at radius 2 is 1.24 bits per heavy atom. The molecule has 0 aliphatic heterocycles. The predicted molar refractivity (Wildman–Crippen MR) is 69.8 cm³/mol. The molecule has 0 radical (unpaired) electrons. The van der Waals surface area contributed by atoms with Gasteiger partial charge < -0.3 is 10.2 Å². The summed E-state index contributed by atoms with van der Waals surface area (Å²) in [4.78, 5) is 0. The summed E-state index contributed by atoms with van der Waals surface area (Å²) in [6, 6.07) is 12.2. The lowest BCUT2D eigenvalue weighted by Crippen LogP contribution is -1.81. The lowest BCUT2D eigenvalue weighted by molar-refractivity contribution is 0.478. The minimum absolute atomic E-state index is 0.149. The first-order valence-corrected chi connectivity index (χ1v) is 5.58. The van der Waals surface area contributed by atoms with Crippen LogP contribution in [0.25, 0.3) is 21.5 Å². The molecule has 17 heavy (non-hydrogen) atoms. The average molecular weight is 245 g/mol. The van der Waals surface area contributed by atoms with Gasteiger partial charge >= 0.3 is 0 Å². The maximum atomic E-state index is 10.2. The van der Waals surface area contributed by atoms with E-state index in [0.29, 0.717) is 26.6 Å². The highest BCUT2D eigenvalue weighted by Gasteiger charge is 2.12. The number of hydrogen-bond donors (Lipinski definition) is 2. The van der Waals surface area contributed by atoms with E-state index in [-0.39, 0.29) is 11.5 Å². The normalized spacial score (nSPS) is 11.1. The van der Waals surface area contributed by atoms with Crippen LogP contribution in [-0.2, 0) is 0 Å². The van der Waals surface area contributed by atoms with Crippen LogP contribution in [0.4, 0.5) is 0 Å². The molecule has 0 saturated heterocycles. The van der Waals surface area contributed by atoms with Crippen LogP contribution < -0.4 is 0 Å². The maximum Gasteiger partial charge on any atom is 0.131 e. The van der Waals surface area contributed by atoms with Crippen molar-refractivity contribution in [2.24, 2.45) is 0 Å². The van der Waals surface area contributed by atoms with Crippen LogP contribution in [0.3, 0.4) is 0 Å². The number of halogens is 1. The van der Waals surface area contributed by atoms with Crippen molar-refractivity contribution in [3.05, 3.63) is 47.5 Å². The van der Waals surface area contributed by atoms with Crippen LogP contribution in [0.2, 0.25) is 5.02 Å². The van der Waals surface area contributed by atoms with Crippen molar-refractivity contribution in [2.45, 2.75) is 0 Å². The standard InChI is InChI=1S/C14H9ClO2/c15-8-5-6-11-12(7-8)14(17)10-4-2-1-3-9(10)13(11)16/h1-7,16-17H. The molecule has 3 rings (SSSR count). The number of phenolic OH excluding ortho intramolecular Hbond substituents is 2. The molecule has 2 nitrogen and oxygen atoms in total. The zero-order valence-corrected chi connectivity index (χ0v) is 9.57.